The number of aryl methyl sites for hydroxylation is 1. The first-order valence-electron chi connectivity index (χ1n) is 5.02. The third kappa shape index (κ3) is 2.92. The van der Waals surface area contributed by atoms with Gasteiger partial charge in [-0.3, -0.25) is 0 Å². The Balaban J connectivity index is 2.94. The van der Waals surface area contributed by atoms with Crippen LogP contribution in [0.2, 0.25) is 0 Å². The van der Waals surface area contributed by atoms with Crippen LogP contribution in [0.1, 0.15) is 18.4 Å². The molecule has 0 saturated heterocycles. The number of benzene rings is 1. The summed E-state index contributed by atoms with van der Waals surface area (Å²) in [4.78, 5) is -0.264. The molecule has 0 aliphatic rings. The topological polar surface area (TPSA) is 26.0 Å². The normalized spacial score (nSPS) is 10.8. The van der Waals surface area contributed by atoms with Gasteiger partial charge in [0.05, 0.1) is 4.90 Å². The van der Waals surface area contributed by atoms with Crippen molar-refractivity contribution in [3.63, 3.8) is 0 Å². The lowest BCUT2D eigenvalue weighted by molar-refractivity contribution is 0.457. The van der Waals surface area contributed by atoms with Gasteiger partial charge in [-0.2, -0.15) is 0 Å². The van der Waals surface area contributed by atoms with Gasteiger partial charge in [0.2, 0.25) is 0 Å². The predicted octanol–water partition coefficient (Wildman–Crippen LogP) is 3.11. The monoisotopic (exact) mass is 249 g/mol. The van der Waals surface area contributed by atoms with E-state index < -0.39 is 17.5 Å². The molecule has 0 heterocycles. The number of halogens is 3. The third-order valence-electron chi connectivity index (χ3n) is 2.30. The van der Waals surface area contributed by atoms with Crippen molar-refractivity contribution in [1.82, 2.24) is 0 Å². The third-order valence-corrected chi connectivity index (χ3v) is 3.08. The molecular formula is C11H14F3NS. The molecule has 0 aliphatic carbocycles. The van der Waals surface area contributed by atoms with E-state index in [4.69, 9.17) is 5.73 Å². The number of thioether (sulfide) groups is 1. The van der Waals surface area contributed by atoms with E-state index in [0.29, 0.717) is 25.8 Å². The van der Waals surface area contributed by atoms with E-state index in [-0.39, 0.29) is 10.5 Å². The minimum atomic E-state index is -1.09. The van der Waals surface area contributed by atoms with E-state index in [1.54, 1.807) is 0 Å². The molecule has 0 spiro atoms. The van der Waals surface area contributed by atoms with Gasteiger partial charge in [-0.25, -0.2) is 13.2 Å². The first-order valence-corrected chi connectivity index (χ1v) is 6.24. The molecule has 0 aromatic heterocycles. The summed E-state index contributed by atoms with van der Waals surface area (Å²) in [6, 6.07) is 1.07. The van der Waals surface area contributed by atoms with Crippen molar-refractivity contribution >= 4 is 11.8 Å². The molecule has 0 fully saturated rings. The van der Waals surface area contributed by atoms with Gasteiger partial charge in [-0.1, -0.05) is 0 Å². The molecule has 1 rings (SSSR count). The molecule has 0 atom stereocenters. The zero-order chi connectivity index (χ0) is 12.1. The molecule has 16 heavy (non-hydrogen) atoms. The second kappa shape index (κ2) is 6.15. The van der Waals surface area contributed by atoms with Gasteiger partial charge >= 0.3 is 0 Å². The number of nitrogens with two attached hydrogens (primary N) is 1. The van der Waals surface area contributed by atoms with E-state index in [1.165, 1.54) is 6.26 Å². The first kappa shape index (κ1) is 13.4. The maximum Gasteiger partial charge on any atom is 0.175 e. The number of rotatable bonds is 5. The van der Waals surface area contributed by atoms with Crippen LogP contribution in [0, 0.1) is 17.5 Å². The summed E-state index contributed by atoms with van der Waals surface area (Å²) in [5, 5.41) is 0. The van der Waals surface area contributed by atoms with E-state index in [2.05, 4.69) is 0 Å². The quantitative estimate of drug-likeness (QED) is 0.493. The summed E-state index contributed by atoms with van der Waals surface area (Å²) in [7, 11) is 0. The number of hydrogen-bond donors (Lipinski definition) is 1. The van der Waals surface area contributed by atoms with Crippen LogP contribution in [0.5, 0.6) is 0 Å². The van der Waals surface area contributed by atoms with Crippen molar-refractivity contribution in [1.29, 1.82) is 0 Å². The molecule has 2 N–H and O–H groups in total. The van der Waals surface area contributed by atoms with Crippen LogP contribution in [0.25, 0.3) is 0 Å². The van der Waals surface area contributed by atoms with Crippen molar-refractivity contribution < 1.29 is 13.2 Å². The number of hydrogen-bond acceptors (Lipinski definition) is 2. The summed E-state index contributed by atoms with van der Waals surface area (Å²) < 4.78 is 40.2. The highest BCUT2D eigenvalue weighted by atomic mass is 32.2. The van der Waals surface area contributed by atoms with Crippen LogP contribution >= 0.6 is 11.8 Å². The summed E-state index contributed by atoms with van der Waals surface area (Å²) >= 11 is 0.863. The Morgan fingerprint density at radius 2 is 1.88 bits per heavy atom. The first-order chi connectivity index (χ1) is 7.61. The van der Waals surface area contributed by atoms with Crippen molar-refractivity contribution in [2.24, 2.45) is 5.73 Å². The average Bonchev–Trinajstić information content (AvgIpc) is 2.26. The van der Waals surface area contributed by atoms with Gasteiger partial charge in [0.15, 0.2) is 11.6 Å². The second-order valence-electron chi connectivity index (χ2n) is 3.42. The minimum absolute atomic E-state index is 0.0845. The number of unbranched alkanes of at least 4 members (excludes halogenated alkanes) is 1. The maximum absolute atomic E-state index is 13.5. The fourth-order valence-corrected chi connectivity index (χ4v) is 1.98. The van der Waals surface area contributed by atoms with Gasteiger partial charge in [-0.15, -0.1) is 11.8 Å². The maximum atomic E-state index is 13.5. The van der Waals surface area contributed by atoms with Crippen LogP contribution in [0.3, 0.4) is 0 Å². The Bertz CT molecular complexity index is 369. The lowest BCUT2D eigenvalue weighted by atomic mass is 10.1. The molecule has 0 bridgehead atoms. The van der Waals surface area contributed by atoms with Gasteiger partial charge < -0.3 is 5.73 Å². The molecule has 0 amide bonds. The fraction of sp³-hybridized carbons (Fsp3) is 0.455. The Morgan fingerprint density at radius 3 is 2.44 bits per heavy atom. The summed E-state index contributed by atoms with van der Waals surface area (Å²) in [6.07, 6.45) is 3.17. The summed E-state index contributed by atoms with van der Waals surface area (Å²) in [5.74, 6) is -2.73. The summed E-state index contributed by atoms with van der Waals surface area (Å²) in [5.41, 5.74) is 5.38. The Hall–Kier alpha value is -0.680. The molecule has 0 aliphatic heterocycles. The molecule has 1 aromatic rings. The SMILES string of the molecule is CSc1c(F)cc(CCCCN)c(F)c1F. The van der Waals surface area contributed by atoms with Crippen molar-refractivity contribution in [3.8, 4) is 0 Å². The van der Waals surface area contributed by atoms with Crippen LogP contribution in [-0.4, -0.2) is 12.8 Å². The Morgan fingerprint density at radius 1 is 1.19 bits per heavy atom. The molecule has 5 heteroatoms. The zero-order valence-electron chi connectivity index (χ0n) is 9.03. The van der Waals surface area contributed by atoms with Gasteiger partial charge in [0.25, 0.3) is 0 Å². The van der Waals surface area contributed by atoms with Crippen LogP contribution in [0.15, 0.2) is 11.0 Å². The summed E-state index contributed by atoms with van der Waals surface area (Å²) in [6.45, 7) is 0.496. The lowest BCUT2D eigenvalue weighted by Crippen LogP contribution is -2.03. The standard InChI is InChI=1S/C11H14F3NS/c1-16-11-8(12)6-7(4-2-3-5-15)9(13)10(11)14/h6H,2-5,15H2,1H3. The highest BCUT2D eigenvalue weighted by Gasteiger charge is 2.17. The Kier molecular flexibility index (Phi) is 5.15. The van der Waals surface area contributed by atoms with Crippen molar-refractivity contribution in [2.75, 3.05) is 12.8 Å². The van der Waals surface area contributed by atoms with E-state index in [0.717, 1.165) is 17.8 Å². The Labute approximate surface area is 97.2 Å². The molecule has 0 radical (unpaired) electrons. The van der Waals surface area contributed by atoms with Gasteiger partial charge in [0, 0.05) is 0 Å². The van der Waals surface area contributed by atoms with E-state index >= 15 is 0 Å². The zero-order valence-corrected chi connectivity index (χ0v) is 9.84. The van der Waals surface area contributed by atoms with E-state index in [9.17, 15) is 13.2 Å². The fourth-order valence-electron chi connectivity index (χ4n) is 1.46. The van der Waals surface area contributed by atoms with Gasteiger partial charge in [-0.05, 0) is 43.7 Å². The lowest BCUT2D eigenvalue weighted by Gasteiger charge is -2.08. The predicted molar refractivity (Wildman–Crippen MR) is 60.1 cm³/mol. The van der Waals surface area contributed by atoms with Gasteiger partial charge in [0.1, 0.15) is 5.82 Å². The van der Waals surface area contributed by atoms with E-state index in [1.807, 2.05) is 0 Å². The molecule has 1 aromatic carbocycles. The smallest absolute Gasteiger partial charge is 0.175 e. The molecular weight excluding hydrogens is 235 g/mol. The second-order valence-corrected chi connectivity index (χ2v) is 4.24. The van der Waals surface area contributed by atoms with Crippen molar-refractivity contribution in [3.05, 3.63) is 29.1 Å². The highest BCUT2D eigenvalue weighted by Crippen LogP contribution is 2.27. The van der Waals surface area contributed by atoms with Crippen LogP contribution in [-0.2, 0) is 6.42 Å². The average molecular weight is 249 g/mol. The molecule has 1 nitrogen and oxygen atoms in total. The molecule has 90 valence electrons. The largest absolute Gasteiger partial charge is 0.330 e. The highest BCUT2D eigenvalue weighted by molar-refractivity contribution is 7.98. The van der Waals surface area contributed by atoms with Crippen molar-refractivity contribution in [2.45, 2.75) is 24.2 Å². The molecule has 0 unspecified atom stereocenters. The van der Waals surface area contributed by atoms with Crippen LogP contribution < -0.4 is 5.73 Å². The molecule has 0 saturated carbocycles. The van der Waals surface area contributed by atoms with Crippen LogP contribution in [0.4, 0.5) is 13.2 Å². The minimum Gasteiger partial charge on any atom is -0.330 e.